The largest absolute Gasteiger partial charge is 0.393 e. The molecule has 0 aromatic rings. The van der Waals surface area contributed by atoms with Crippen LogP contribution in [0.25, 0.3) is 0 Å². The van der Waals surface area contributed by atoms with E-state index in [1.54, 1.807) is 0 Å². The summed E-state index contributed by atoms with van der Waals surface area (Å²) in [5.41, 5.74) is 0. The lowest BCUT2D eigenvalue weighted by atomic mass is 10.0. The van der Waals surface area contributed by atoms with Crippen molar-refractivity contribution in [2.75, 3.05) is 0 Å². The van der Waals surface area contributed by atoms with Gasteiger partial charge in [-0.05, 0) is 25.7 Å². The van der Waals surface area contributed by atoms with Crippen molar-refractivity contribution in [2.45, 2.75) is 77.4 Å². The van der Waals surface area contributed by atoms with Gasteiger partial charge < -0.3 is 10.2 Å². The van der Waals surface area contributed by atoms with E-state index in [1.165, 1.54) is 12.8 Å². The molecule has 0 heterocycles. The zero-order valence-electron chi connectivity index (χ0n) is 10.1. The van der Waals surface area contributed by atoms with Gasteiger partial charge in [0.2, 0.25) is 0 Å². The van der Waals surface area contributed by atoms with Crippen LogP contribution in [0.4, 0.5) is 0 Å². The Kier molecular flexibility index (Phi) is 14.8. The van der Waals surface area contributed by atoms with Crippen LogP contribution in [0.3, 0.4) is 0 Å². The van der Waals surface area contributed by atoms with Crippen LogP contribution in [0.1, 0.15) is 65.2 Å². The number of halogens is 1. The van der Waals surface area contributed by atoms with Gasteiger partial charge in [-0.3, -0.25) is 0 Å². The second-order valence-electron chi connectivity index (χ2n) is 4.12. The van der Waals surface area contributed by atoms with E-state index in [0.717, 1.165) is 38.5 Å². The van der Waals surface area contributed by atoms with Gasteiger partial charge in [-0.25, -0.2) is 0 Å². The summed E-state index contributed by atoms with van der Waals surface area (Å²) in [5.74, 6) is 0. The summed E-state index contributed by atoms with van der Waals surface area (Å²) in [5, 5.41) is 18.6. The maximum Gasteiger partial charge on any atom is 0.0537 e. The lowest BCUT2D eigenvalue weighted by Gasteiger charge is -2.08. The molecular formula is C12H27BrO2. The molecule has 2 nitrogen and oxygen atoms in total. The molecule has 0 radical (unpaired) electrons. The zero-order chi connectivity index (χ0) is 10.8. The van der Waals surface area contributed by atoms with Crippen LogP contribution in [-0.2, 0) is 0 Å². The molecule has 0 rings (SSSR count). The van der Waals surface area contributed by atoms with E-state index in [0.29, 0.717) is 0 Å². The molecular weight excluding hydrogens is 256 g/mol. The van der Waals surface area contributed by atoms with E-state index in [1.807, 2.05) is 13.8 Å². The molecule has 0 aromatic heterocycles. The first-order valence-corrected chi connectivity index (χ1v) is 6.06. The van der Waals surface area contributed by atoms with Crippen molar-refractivity contribution < 1.29 is 10.2 Å². The topological polar surface area (TPSA) is 40.5 Å². The minimum absolute atomic E-state index is 0. The summed E-state index contributed by atoms with van der Waals surface area (Å²) >= 11 is 0. The molecule has 2 unspecified atom stereocenters. The minimum atomic E-state index is -0.101. The molecule has 0 saturated heterocycles. The Balaban J connectivity index is 0. The van der Waals surface area contributed by atoms with Crippen molar-refractivity contribution in [2.24, 2.45) is 0 Å². The molecule has 0 spiro atoms. The third-order valence-corrected chi connectivity index (χ3v) is 2.77. The van der Waals surface area contributed by atoms with Gasteiger partial charge in [0.05, 0.1) is 12.2 Å². The van der Waals surface area contributed by atoms with Gasteiger partial charge in [0, 0.05) is 0 Å². The highest BCUT2D eigenvalue weighted by Crippen LogP contribution is 2.10. The van der Waals surface area contributed by atoms with Gasteiger partial charge in [-0.2, -0.15) is 0 Å². The number of rotatable bonds is 9. The summed E-state index contributed by atoms with van der Waals surface area (Å²) < 4.78 is 0. The molecule has 0 amide bonds. The Morgan fingerprint density at radius 2 is 1.07 bits per heavy atom. The van der Waals surface area contributed by atoms with Crippen molar-refractivity contribution >= 4 is 17.0 Å². The summed E-state index contributed by atoms with van der Waals surface area (Å²) in [6.07, 6.45) is 8.03. The first-order chi connectivity index (χ1) is 6.70. The minimum Gasteiger partial charge on any atom is -0.393 e. The van der Waals surface area contributed by atoms with Crippen molar-refractivity contribution in [3.8, 4) is 0 Å². The summed E-state index contributed by atoms with van der Waals surface area (Å²) in [6.45, 7) is 4.03. The Labute approximate surface area is 105 Å². The molecule has 0 aliphatic heterocycles. The van der Waals surface area contributed by atoms with Crippen molar-refractivity contribution in [1.82, 2.24) is 0 Å². The normalized spacial score (nSPS) is 14.4. The lowest BCUT2D eigenvalue weighted by Crippen LogP contribution is -2.04. The third kappa shape index (κ3) is 12.3. The maximum atomic E-state index is 9.30. The number of hydrogen-bond acceptors (Lipinski definition) is 2. The van der Waals surface area contributed by atoms with Crippen molar-refractivity contribution in [3.63, 3.8) is 0 Å². The average Bonchev–Trinajstić information content (AvgIpc) is 2.22. The molecule has 2 N–H and O–H groups in total. The Hall–Kier alpha value is 0.400. The summed E-state index contributed by atoms with van der Waals surface area (Å²) in [4.78, 5) is 0. The number of aliphatic hydroxyl groups is 2. The van der Waals surface area contributed by atoms with Gasteiger partial charge >= 0.3 is 0 Å². The fourth-order valence-electron chi connectivity index (χ4n) is 1.52. The third-order valence-electron chi connectivity index (χ3n) is 2.77. The van der Waals surface area contributed by atoms with Gasteiger partial charge in [-0.1, -0.05) is 39.5 Å². The lowest BCUT2D eigenvalue weighted by molar-refractivity contribution is 0.151. The van der Waals surface area contributed by atoms with Crippen LogP contribution in [0.2, 0.25) is 0 Å². The standard InChI is InChI=1S/C12H26O2.BrH/c1-3-11(13)9-7-5-6-8-10-12(14)4-2;/h11-14H,3-10H2,1-2H3;1H. The highest BCUT2D eigenvalue weighted by molar-refractivity contribution is 8.93. The average molecular weight is 283 g/mol. The second-order valence-corrected chi connectivity index (χ2v) is 4.12. The first-order valence-electron chi connectivity index (χ1n) is 6.06. The predicted molar refractivity (Wildman–Crippen MR) is 70.6 cm³/mol. The number of aliphatic hydroxyl groups excluding tert-OH is 2. The molecule has 3 heteroatoms. The smallest absolute Gasteiger partial charge is 0.0537 e. The Morgan fingerprint density at radius 3 is 1.33 bits per heavy atom. The first kappa shape index (κ1) is 17.8. The Bertz CT molecular complexity index is 106. The molecule has 15 heavy (non-hydrogen) atoms. The predicted octanol–water partition coefficient (Wildman–Crippen LogP) is 3.45. The second kappa shape index (κ2) is 12.5. The zero-order valence-corrected chi connectivity index (χ0v) is 11.8. The van der Waals surface area contributed by atoms with E-state index in [4.69, 9.17) is 0 Å². The van der Waals surface area contributed by atoms with Gasteiger partial charge in [0.25, 0.3) is 0 Å². The van der Waals surface area contributed by atoms with E-state index in [2.05, 4.69) is 0 Å². The molecule has 0 saturated carbocycles. The van der Waals surface area contributed by atoms with E-state index >= 15 is 0 Å². The maximum absolute atomic E-state index is 9.30. The SMILES string of the molecule is Br.CCC(O)CCCCCCC(O)CC. The number of hydrogen-bond donors (Lipinski definition) is 2. The Morgan fingerprint density at radius 1 is 0.733 bits per heavy atom. The van der Waals surface area contributed by atoms with Crippen molar-refractivity contribution in [3.05, 3.63) is 0 Å². The van der Waals surface area contributed by atoms with Crippen LogP contribution < -0.4 is 0 Å². The van der Waals surface area contributed by atoms with Crippen LogP contribution >= 0.6 is 17.0 Å². The van der Waals surface area contributed by atoms with Crippen LogP contribution in [0.15, 0.2) is 0 Å². The van der Waals surface area contributed by atoms with Gasteiger partial charge in [-0.15, -0.1) is 17.0 Å². The number of unbranched alkanes of at least 4 members (excludes halogenated alkanes) is 3. The fraction of sp³-hybridized carbons (Fsp3) is 1.00. The van der Waals surface area contributed by atoms with Gasteiger partial charge in [0.1, 0.15) is 0 Å². The quantitative estimate of drug-likeness (QED) is 0.636. The van der Waals surface area contributed by atoms with Crippen LogP contribution in [0, 0.1) is 0 Å². The molecule has 0 aliphatic rings. The monoisotopic (exact) mass is 282 g/mol. The van der Waals surface area contributed by atoms with E-state index in [9.17, 15) is 10.2 Å². The summed E-state index contributed by atoms with van der Waals surface area (Å²) in [7, 11) is 0. The van der Waals surface area contributed by atoms with E-state index in [-0.39, 0.29) is 29.2 Å². The van der Waals surface area contributed by atoms with Crippen LogP contribution in [-0.4, -0.2) is 22.4 Å². The highest BCUT2D eigenvalue weighted by Gasteiger charge is 2.01. The van der Waals surface area contributed by atoms with Gasteiger partial charge in [0.15, 0.2) is 0 Å². The molecule has 0 aromatic carbocycles. The summed E-state index contributed by atoms with van der Waals surface area (Å²) in [6, 6.07) is 0. The molecule has 0 fully saturated rings. The van der Waals surface area contributed by atoms with Crippen molar-refractivity contribution in [1.29, 1.82) is 0 Å². The molecule has 0 aliphatic carbocycles. The molecule has 0 bridgehead atoms. The fourth-order valence-corrected chi connectivity index (χ4v) is 1.52. The molecule has 94 valence electrons. The van der Waals surface area contributed by atoms with E-state index < -0.39 is 0 Å². The highest BCUT2D eigenvalue weighted by atomic mass is 79.9. The molecule has 2 atom stereocenters. The van der Waals surface area contributed by atoms with Crippen LogP contribution in [0.5, 0.6) is 0 Å².